The lowest BCUT2D eigenvalue weighted by molar-refractivity contribution is -0.122. The SMILES string of the molecule is COCC(C)CC(=O)NCC(C)(C)CO. The number of amides is 1. The fourth-order valence-corrected chi connectivity index (χ4v) is 1.13. The minimum absolute atomic E-state index is 0.0149. The first-order valence-electron chi connectivity index (χ1n) is 5.28. The molecule has 0 fully saturated rings. The van der Waals surface area contributed by atoms with Gasteiger partial charge in [-0.1, -0.05) is 20.8 Å². The Morgan fingerprint density at radius 3 is 2.60 bits per heavy atom. The van der Waals surface area contributed by atoms with Gasteiger partial charge in [0.25, 0.3) is 0 Å². The molecule has 0 heterocycles. The van der Waals surface area contributed by atoms with Crippen LogP contribution in [0.2, 0.25) is 0 Å². The number of nitrogens with one attached hydrogen (secondary N) is 1. The zero-order valence-electron chi connectivity index (χ0n) is 10.2. The Bertz CT molecular complexity index is 192. The predicted molar refractivity (Wildman–Crippen MR) is 59.5 cm³/mol. The largest absolute Gasteiger partial charge is 0.396 e. The number of methoxy groups -OCH3 is 1. The van der Waals surface area contributed by atoms with Crippen molar-refractivity contribution in [3.63, 3.8) is 0 Å². The van der Waals surface area contributed by atoms with Crippen molar-refractivity contribution < 1.29 is 14.6 Å². The van der Waals surface area contributed by atoms with Gasteiger partial charge in [-0.2, -0.15) is 0 Å². The third kappa shape index (κ3) is 7.33. The van der Waals surface area contributed by atoms with E-state index in [0.29, 0.717) is 19.6 Å². The van der Waals surface area contributed by atoms with Gasteiger partial charge in [-0.15, -0.1) is 0 Å². The summed E-state index contributed by atoms with van der Waals surface area (Å²) in [6.07, 6.45) is 0.468. The van der Waals surface area contributed by atoms with Crippen molar-refractivity contribution in [2.45, 2.75) is 27.2 Å². The highest BCUT2D eigenvalue weighted by Gasteiger charge is 2.18. The molecule has 90 valence electrons. The molecule has 0 bridgehead atoms. The molecule has 0 radical (unpaired) electrons. The number of ether oxygens (including phenoxy) is 1. The van der Waals surface area contributed by atoms with Crippen LogP contribution >= 0.6 is 0 Å². The van der Waals surface area contributed by atoms with E-state index < -0.39 is 0 Å². The average Bonchev–Trinajstić information content (AvgIpc) is 2.15. The molecule has 4 nitrogen and oxygen atoms in total. The number of aliphatic hydroxyl groups excluding tert-OH is 1. The first-order valence-corrected chi connectivity index (χ1v) is 5.28. The van der Waals surface area contributed by atoms with Crippen LogP contribution in [-0.4, -0.2) is 37.9 Å². The minimum atomic E-state index is -0.250. The van der Waals surface area contributed by atoms with Crippen molar-refractivity contribution in [3.8, 4) is 0 Å². The predicted octanol–water partition coefficient (Wildman–Crippen LogP) is 0.794. The first kappa shape index (κ1) is 14.4. The average molecular weight is 217 g/mol. The fraction of sp³-hybridized carbons (Fsp3) is 0.909. The number of aliphatic hydroxyl groups is 1. The summed E-state index contributed by atoms with van der Waals surface area (Å²) in [5.41, 5.74) is -0.250. The van der Waals surface area contributed by atoms with Gasteiger partial charge in [-0.25, -0.2) is 0 Å². The lowest BCUT2D eigenvalue weighted by Gasteiger charge is -2.22. The van der Waals surface area contributed by atoms with E-state index in [4.69, 9.17) is 9.84 Å². The summed E-state index contributed by atoms with van der Waals surface area (Å²) in [5, 5.41) is 11.8. The Hall–Kier alpha value is -0.610. The second-order valence-corrected chi connectivity index (χ2v) is 4.86. The van der Waals surface area contributed by atoms with Gasteiger partial charge in [0.2, 0.25) is 5.91 Å². The van der Waals surface area contributed by atoms with E-state index in [1.54, 1.807) is 7.11 Å². The molecule has 1 atom stereocenters. The Kier molecular flexibility index (Phi) is 6.52. The van der Waals surface area contributed by atoms with Crippen LogP contribution in [0.5, 0.6) is 0 Å². The molecule has 0 aromatic carbocycles. The number of carbonyl (C=O) groups excluding carboxylic acids is 1. The van der Waals surface area contributed by atoms with Gasteiger partial charge in [-0.3, -0.25) is 4.79 Å². The van der Waals surface area contributed by atoms with Crippen LogP contribution in [-0.2, 0) is 9.53 Å². The van der Waals surface area contributed by atoms with E-state index in [1.165, 1.54) is 0 Å². The highest BCUT2D eigenvalue weighted by molar-refractivity contribution is 5.76. The van der Waals surface area contributed by atoms with Crippen LogP contribution in [0.4, 0.5) is 0 Å². The Labute approximate surface area is 92.0 Å². The van der Waals surface area contributed by atoms with Crippen LogP contribution < -0.4 is 5.32 Å². The summed E-state index contributed by atoms with van der Waals surface area (Å²) in [4.78, 5) is 11.4. The van der Waals surface area contributed by atoms with E-state index in [2.05, 4.69) is 5.32 Å². The Morgan fingerprint density at radius 1 is 1.53 bits per heavy atom. The maximum Gasteiger partial charge on any atom is 0.220 e. The summed E-state index contributed by atoms with van der Waals surface area (Å²) in [7, 11) is 1.63. The Balaban J connectivity index is 3.75. The molecule has 0 aliphatic heterocycles. The second kappa shape index (κ2) is 6.80. The van der Waals surface area contributed by atoms with Crippen LogP contribution in [0.1, 0.15) is 27.2 Å². The normalized spacial score (nSPS) is 13.7. The van der Waals surface area contributed by atoms with Crippen molar-refractivity contribution in [1.29, 1.82) is 0 Å². The maximum atomic E-state index is 11.4. The van der Waals surface area contributed by atoms with Crippen LogP contribution in [0.25, 0.3) is 0 Å². The number of hydrogen-bond donors (Lipinski definition) is 2. The molecule has 2 N–H and O–H groups in total. The summed E-state index contributed by atoms with van der Waals surface area (Å²) >= 11 is 0. The van der Waals surface area contributed by atoms with Gasteiger partial charge in [0.05, 0.1) is 0 Å². The molecule has 0 saturated carbocycles. The van der Waals surface area contributed by atoms with E-state index in [-0.39, 0.29) is 23.8 Å². The molecule has 0 aromatic heterocycles. The van der Waals surface area contributed by atoms with E-state index in [9.17, 15) is 4.79 Å². The monoisotopic (exact) mass is 217 g/mol. The second-order valence-electron chi connectivity index (χ2n) is 4.86. The molecular formula is C11H23NO3. The van der Waals surface area contributed by atoms with Gasteiger partial charge >= 0.3 is 0 Å². The molecule has 0 rings (SSSR count). The van der Waals surface area contributed by atoms with Crippen molar-refractivity contribution in [3.05, 3.63) is 0 Å². The highest BCUT2D eigenvalue weighted by atomic mass is 16.5. The molecule has 1 amide bonds. The lowest BCUT2D eigenvalue weighted by Crippen LogP contribution is -2.36. The van der Waals surface area contributed by atoms with E-state index in [1.807, 2.05) is 20.8 Å². The molecule has 0 aromatic rings. The molecule has 0 saturated heterocycles. The van der Waals surface area contributed by atoms with Gasteiger partial charge in [0.1, 0.15) is 0 Å². The van der Waals surface area contributed by atoms with E-state index in [0.717, 1.165) is 0 Å². The minimum Gasteiger partial charge on any atom is -0.396 e. The summed E-state index contributed by atoms with van der Waals surface area (Å²) in [6, 6.07) is 0. The number of carbonyl (C=O) groups is 1. The molecule has 4 heteroatoms. The summed E-state index contributed by atoms with van der Waals surface area (Å²) < 4.78 is 4.95. The number of rotatable bonds is 7. The zero-order chi connectivity index (χ0) is 11.9. The molecule has 1 unspecified atom stereocenters. The van der Waals surface area contributed by atoms with Gasteiger partial charge < -0.3 is 15.2 Å². The van der Waals surface area contributed by atoms with Gasteiger partial charge in [-0.05, 0) is 5.92 Å². The fourth-order valence-electron chi connectivity index (χ4n) is 1.13. The maximum absolute atomic E-state index is 11.4. The van der Waals surface area contributed by atoms with Gasteiger partial charge in [0.15, 0.2) is 0 Å². The van der Waals surface area contributed by atoms with Crippen LogP contribution in [0.15, 0.2) is 0 Å². The smallest absolute Gasteiger partial charge is 0.220 e. The topological polar surface area (TPSA) is 58.6 Å². The quantitative estimate of drug-likeness (QED) is 0.663. The third-order valence-corrected chi connectivity index (χ3v) is 2.18. The third-order valence-electron chi connectivity index (χ3n) is 2.18. The Morgan fingerprint density at radius 2 is 2.13 bits per heavy atom. The van der Waals surface area contributed by atoms with Crippen LogP contribution in [0, 0.1) is 11.3 Å². The standard InChI is InChI=1S/C11H23NO3/c1-9(6-15-4)5-10(14)12-7-11(2,3)8-13/h9,13H,5-8H2,1-4H3,(H,12,14). The van der Waals surface area contributed by atoms with Crippen molar-refractivity contribution in [1.82, 2.24) is 5.32 Å². The molecule has 0 aliphatic rings. The van der Waals surface area contributed by atoms with Crippen molar-refractivity contribution in [2.24, 2.45) is 11.3 Å². The number of hydrogen-bond acceptors (Lipinski definition) is 3. The summed E-state index contributed by atoms with van der Waals surface area (Å²) in [6.45, 7) is 6.96. The molecular weight excluding hydrogens is 194 g/mol. The summed E-state index contributed by atoms with van der Waals surface area (Å²) in [5.74, 6) is 0.244. The zero-order valence-corrected chi connectivity index (χ0v) is 10.2. The highest BCUT2D eigenvalue weighted by Crippen LogP contribution is 2.11. The van der Waals surface area contributed by atoms with Crippen molar-refractivity contribution in [2.75, 3.05) is 26.9 Å². The lowest BCUT2D eigenvalue weighted by atomic mass is 9.95. The van der Waals surface area contributed by atoms with E-state index >= 15 is 0 Å². The molecule has 15 heavy (non-hydrogen) atoms. The van der Waals surface area contributed by atoms with Gasteiger partial charge in [0, 0.05) is 38.7 Å². The van der Waals surface area contributed by atoms with Crippen LogP contribution in [0.3, 0.4) is 0 Å². The first-order chi connectivity index (χ1) is 6.91. The molecule has 0 aliphatic carbocycles. The molecule has 0 spiro atoms. The van der Waals surface area contributed by atoms with Crippen molar-refractivity contribution >= 4 is 5.91 Å².